The highest BCUT2D eigenvalue weighted by Gasteiger charge is 2.33. The minimum atomic E-state index is -0.750. The van der Waals surface area contributed by atoms with Crippen LogP contribution in [0, 0.1) is 0 Å². The molecule has 0 unspecified atom stereocenters. The topological polar surface area (TPSA) is 94.4 Å². The van der Waals surface area contributed by atoms with Gasteiger partial charge in [-0.25, -0.2) is 9.79 Å². The summed E-state index contributed by atoms with van der Waals surface area (Å²) in [5, 5.41) is 11.1. The molecule has 9 heteroatoms. The van der Waals surface area contributed by atoms with Gasteiger partial charge in [-0.2, -0.15) is 0 Å². The molecule has 7 nitrogen and oxygen atoms in total. The summed E-state index contributed by atoms with van der Waals surface area (Å²) in [5.41, 5.74) is 0.460. The fraction of sp³-hybridized carbons (Fsp3) is 0.318. The van der Waals surface area contributed by atoms with Gasteiger partial charge < -0.3 is 19.3 Å². The number of amides is 1. The Kier molecular flexibility index (Phi) is 9.21. The van der Waals surface area contributed by atoms with E-state index >= 15 is 0 Å². The van der Waals surface area contributed by atoms with Gasteiger partial charge in [0, 0.05) is 6.42 Å². The maximum absolute atomic E-state index is 12.3. The average Bonchev–Trinajstić information content (AvgIpc) is 3.02. The molecular weight excluding hydrogens is 442 g/mol. The highest BCUT2D eigenvalue weighted by Crippen LogP contribution is 2.42. The van der Waals surface area contributed by atoms with Crippen LogP contribution in [0.15, 0.2) is 46.0 Å². The Hall–Kier alpha value is -2.71. The first-order valence-electron chi connectivity index (χ1n) is 9.68. The van der Waals surface area contributed by atoms with E-state index in [0.717, 1.165) is 11.8 Å². The van der Waals surface area contributed by atoms with Gasteiger partial charge in [0.25, 0.3) is 0 Å². The van der Waals surface area contributed by atoms with Crippen molar-refractivity contribution in [3.8, 4) is 11.5 Å². The molecule has 1 aliphatic rings. The van der Waals surface area contributed by atoms with E-state index in [9.17, 15) is 14.7 Å². The lowest BCUT2D eigenvalue weighted by atomic mass is 10.1. The maximum Gasteiger partial charge on any atom is 0.344 e. The summed E-state index contributed by atoms with van der Waals surface area (Å²) in [6.45, 7) is 9.52. The first kappa shape index (κ1) is 24.6. The second-order valence-electron chi connectivity index (χ2n) is 6.08. The quantitative estimate of drug-likeness (QED) is 0.400. The van der Waals surface area contributed by atoms with Gasteiger partial charge in [-0.05, 0) is 37.6 Å². The number of carbonyl (C=O) groups excluding carboxylic acids is 2. The van der Waals surface area contributed by atoms with Crippen molar-refractivity contribution in [3.05, 3.63) is 51.6 Å². The van der Waals surface area contributed by atoms with Crippen LogP contribution >= 0.6 is 23.4 Å². The number of halogens is 1. The van der Waals surface area contributed by atoms with Crippen molar-refractivity contribution in [2.24, 2.45) is 4.99 Å². The molecule has 0 aromatic heterocycles. The molecule has 31 heavy (non-hydrogen) atoms. The largest absolute Gasteiger partial charge is 0.506 e. The van der Waals surface area contributed by atoms with Crippen LogP contribution in [0.3, 0.4) is 0 Å². The highest BCUT2D eigenvalue weighted by atomic mass is 35.5. The van der Waals surface area contributed by atoms with Gasteiger partial charge in [-0.15, -0.1) is 0 Å². The van der Waals surface area contributed by atoms with Crippen molar-refractivity contribution in [2.45, 2.75) is 27.2 Å². The van der Waals surface area contributed by atoms with Crippen LogP contribution in [-0.4, -0.2) is 41.8 Å². The van der Waals surface area contributed by atoms with Crippen LogP contribution in [0.25, 0.3) is 6.08 Å². The molecule has 1 heterocycles. The van der Waals surface area contributed by atoms with Crippen molar-refractivity contribution in [2.75, 3.05) is 19.8 Å². The van der Waals surface area contributed by atoms with Crippen LogP contribution in [0.5, 0.6) is 11.5 Å². The van der Waals surface area contributed by atoms with Gasteiger partial charge in [-0.1, -0.05) is 42.9 Å². The molecule has 1 aliphatic heterocycles. The molecule has 1 amide bonds. The van der Waals surface area contributed by atoms with E-state index in [1.807, 2.05) is 6.92 Å². The molecule has 0 radical (unpaired) electrons. The summed E-state index contributed by atoms with van der Waals surface area (Å²) in [6, 6.07) is 3.34. The Morgan fingerprint density at radius 2 is 1.97 bits per heavy atom. The molecule has 1 aromatic rings. The van der Waals surface area contributed by atoms with Gasteiger partial charge in [0.05, 0.1) is 23.1 Å². The Morgan fingerprint density at radius 3 is 2.58 bits per heavy atom. The Morgan fingerprint density at radius 1 is 1.23 bits per heavy atom. The summed E-state index contributed by atoms with van der Waals surface area (Å²) < 4.78 is 16.2. The number of hydrogen-bond acceptors (Lipinski definition) is 7. The molecule has 1 N–H and O–H groups in total. The SMILES string of the molecule is C=CCOc1c(Cl)cc(/C=C2\SC(=NC(=O)CC)C(C(=O)OCC)=C2O)cc1OCC. The number of rotatable bonds is 9. The number of aliphatic hydroxyl groups excluding tert-OH is 1. The number of benzene rings is 1. The van der Waals surface area contributed by atoms with Gasteiger partial charge in [0.2, 0.25) is 5.91 Å². The molecule has 1 aromatic carbocycles. The summed E-state index contributed by atoms with van der Waals surface area (Å²) in [5.74, 6) is -0.668. The summed E-state index contributed by atoms with van der Waals surface area (Å²) in [6.07, 6.45) is 3.37. The van der Waals surface area contributed by atoms with E-state index in [1.165, 1.54) is 0 Å². The van der Waals surface area contributed by atoms with Crippen molar-refractivity contribution in [3.63, 3.8) is 0 Å². The predicted octanol–water partition coefficient (Wildman–Crippen LogP) is 5.10. The number of esters is 1. The molecule has 166 valence electrons. The zero-order valence-corrected chi connectivity index (χ0v) is 19.1. The second kappa shape index (κ2) is 11.6. The third-order valence-corrected chi connectivity index (χ3v) is 5.17. The first-order valence-corrected chi connectivity index (χ1v) is 10.9. The molecule has 0 fully saturated rings. The number of hydrogen-bond donors (Lipinski definition) is 1. The van der Waals surface area contributed by atoms with Gasteiger partial charge in [0.15, 0.2) is 11.5 Å². The Bertz CT molecular complexity index is 967. The lowest BCUT2D eigenvalue weighted by molar-refractivity contribution is -0.138. The Labute approximate surface area is 190 Å². The van der Waals surface area contributed by atoms with E-state index in [2.05, 4.69) is 11.6 Å². The number of ether oxygens (including phenoxy) is 3. The lowest BCUT2D eigenvalue weighted by Gasteiger charge is -2.13. The molecule has 0 atom stereocenters. The van der Waals surface area contributed by atoms with Gasteiger partial charge >= 0.3 is 5.97 Å². The van der Waals surface area contributed by atoms with Crippen LogP contribution in [0.2, 0.25) is 5.02 Å². The zero-order valence-electron chi connectivity index (χ0n) is 17.6. The minimum Gasteiger partial charge on any atom is -0.506 e. The third-order valence-electron chi connectivity index (χ3n) is 3.87. The standard InChI is InChI=1S/C22H24ClNO6S/c1-5-9-30-20-14(23)10-13(11-15(20)28-7-3)12-16-19(26)18(22(27)29-8-4)21(31-16)24-17(25)6-2/h5,10-12,26H,1,6-9H2,2-4H3/b16-12-,24-21?. The first-order chi connectivity index (χ1) is 14.9. The second-order valence-corrected chi connectivity index (χ2v) is 7.52. The molecule has 0 spiro atoms. The number of aliphatic imine (C=N–C) groups is 1. The summed E-state index contributed by atoms with van der Waals surface area (Å²) in [7, 11) is 0. The van der Waals surface area contributed by atoms with E-state index < -0.39 is 11.9 Å². The normalized spacial score (nSPS) is 16.0. The van der Waals surface area contributed by atoms with Gasteiger partial charge in [-0.3, -0.25) is 4.79 Å². The number of aliphatic hydroxyl groups is 1. The van der Waals surface area contributed by atoms with E-state index in [1.54, 1.807) is 38.1 Å². The molecule has 2 rings (SSSR count). The third kappa shape index (κ3) is 6.15. The molecular formula is C22H24ClNO6S. The van der Waals surface area contributed by atoms with Gasteiger partial charge in [0.1, 0.15) is 23.0 Å². The summed E-state index contributed by atoms with van der Waals surface area (Å²) >= 11 is 7.37. The van der Waals surface area contributed by atoms with Crippen molar-refractivity contribution >= 4 is 46.4 Å². The summed E-state index contributed by atoms with van der Waals surface area (Å²) in [4.78, 5) is 28.4. The van der Waals surface area contributed by atoms with Crippen molar-refractivity contribution in [1.29, 1.82) is 0 Å². The van der Waals surface area contributed by atoms with Crippen molar-refractivity contribution < 1.29 is 28.9 Å². The van der Waals surface area contributed by atoms with E-state index in [4.69, 9.17) is 25.8 Å². The van der Waals surface area contributed by atoms with E-state index in [0.29, 0.717) is 33.6 Å². The highest BCUT2D eigenvalue weighted by molar-refractivity contribution is 8.18. The number of carbonyl (C=O) groups is 2. The molecule has 0 aliphatic carbocycles. The molecule has 0 saturated carbocycles. The van der Waals surface area contributed by atoms with Crippen LogP contribution in [0.4, 0.5) is 0 Å². The molecule has 0 bridgehead atoms. The fourth-order valence-corrected chi connectivity index (χ4v) is 3.86. The molecule has 0 saturated heterocycles. The number of thioether (sulfide) groups is 1. The van der Waals surface area contributed by atoms with Crippen molar-refractivity contribution in [1.82, 2.24) is 0 Å². The zero-order chi connectivity index (χ0) is 23.0. The van der Waals surface area contributed by atoms with E-state index in [-0.39, 0.29) is 36.0 Å². The van der Waals surface area contributed by atoms with Crippen LogP contribution in [0.1, 0.15) is 32.8 Å². The average molecular weight is 466 g/mol. The monoisotopic (exact) mass is 465 g/mol. The fourth-order valence-electron chi connectivity index (χ4n) is 2.55. The smallest absolute Gasteiger partial charge is 0.344 e. The maximum atomic E-state index is 12.3. The minimum absolute atomic E-state index is 0.0936. The Balaban J connectivity index is 2.52. The van der Waals surface area contributed by atoms with Crippen LogP contribution < -0.4 is 9.47 Å². The lowest BCUT2D eigenvalue weighted by Crippen LogP contribution is -2.14. The number of nitrogens with zero attached hydrogens (tertiary/aromatic N) is 1. The van der Waals surface area contributed by atoms with Crippen LogP contribution in [-0.2, 0) is 14.3 Å². The predicted molar refractivity (Wildman–Crippen MR) is 123 cm³/mol.